The topological polar surface area (TPSA) is 94.6 Å². The molecule has 1 amide bonds. The van der Waals surface area contributed by atoms with Crippen molar-refractivity contribution in [3.05, 3.63) is 42.0 Å². The molecule has 26 heavy (non-hydrogen) atoms. The second-order valence-electron chi connectivity index (χ2n) is 6.50. The van der Waals surface area contributed by atoms with Gasteiger partial charge >= 0.3 is 0 Å². The van der Waals surface area contributed by atoms with Crippen LogP contribution in [0.1, 0.15) is 31.0 Å². The minimum atomic E-state index is 0.0715. The van der Waals surface area contributed by atoms with Crippen LogP contribution in [-0.4, -0.2) is 52.3 Å². The molecular weight excluding hydrogens is 332 g/mol. The minimum absolute atomic E-state index is 0.0715. The highest BCUT2D eigenvalue weighted by Crippen LogP contribution is 2.27. The Hall–Kier alpha value is -3.10. The number of carbonyl (C=O) groups excluding carboxylic acids is 1. The van der Waals surface area contributed by atoms with Gasteiger partial charge in [-0.1, -0.05) is 30.3 Å². The number of aromatic nitrogens is 7. The lowest BCUT2D eigenvalue weighted by Crippen LogP contribution is -2.40. The number of hydrogen-bond acceptors (Lipinski definition) is 6. The molecule has 0 radical (unpaired) electrons. The van der Waals surface area contributed by atoms with Crippen molar-refractivity contribution in [2.45, 2.75) is 39.4 Å². The van der Waals surface area contributed by atoms with Crippen molar-refractivity contribution in [2.75, 3.05) is 6.54 Å². The normalized spacial score (nSPS) is 16.5. The molecule has 1 atom stereocenters. The van der Waals surface area contributed by atoms with Gasteiger partial charge in [0.1, 0.15) is 5.82 Å². The summed E-state index contributed by atoms with van der Waals surface area (Å²) in [5.74, 6) is 2.44. The largest absolute Gasteiger partial charge is 0.333 e. The minimum Gasteiger partial charge on any atom is -0.333 e. The van der Waals surface area contributed by atoms with Gasteiger partial charge in [-0.3, -0.25) is 4.79 Å². The first-order valence-electron chi connectivity index (χ1n) is 8.63. The molecule has 1 aliphatic rings. The molecule has 3 heterocycles. The number of nitrogens with zero attached hydrogens (tertiary/aromatic N) is 8. The van der Waals surface area contributed by atoms with Gasteiger partial charge in [0.2, 0.25) is 5.91 Å². The lowest BCUT2D eigenvalue weighted by atomic mass is 10.1. The van der Waals surface area contributed by atoms with Crippen LogP contribution in [0.2, 0.25) is 0 Å². The zero-order chi connectivity index (χ0) is 18.1. The molecule has 4 rings (SSSR count). The highest BCUT2D eigenvalue weighted by atomic mass is 16.2. The van der Waals surface area contributed by atoms with Crippen LogP contribution < -0.4 is 0 Å². The van der Waals surface area contributed by atoms with Crippen molar-refractivity contribution in [1.29, 1.82) is 0 Å². The first-order valence-corrected chi connectivity index (χ1v) is 8.63. The van der Waals surface area contributed by atoms with Crippen LogP contribution in [0.25, 0.3) is 11.4 Å². The Labute approximate surface area is 150 Å². The summed E-state index contributed by atoms with van der Waals surface area (Å²) in [7, 11) is 0. The molecule has 134 valence electrons. The van der Waals surface area contributed by atoms with Crippen LogP contribution >= 0.6 is 0 Å². The maximum Gasteiger partial charge on any atom is 0.224 e. The van der Waals surface area contributed by atoms with E-state index in [4.69, 9.17) is 0 Å². The molecule has 2 aromatic heterocycles. The van der Waals surface area contributed by atoms with Crippen molar-refractivity contribution in [2.24, 2.45) is 0 Å². The van der Waals surface area contributed by atoms with Crippen LogP contribution in [-0.2, 0) is 17.9 Å². The number of rotatable bonds is 4. The van der Waals surface area contributed by atoms with Gasteiger partial charge in [0, 0.05) is 18.5 Å². The molecule has 1 aromatic carbocycles. The number of hydrogen-bond donors (Lipinski definition) is 0. The lowest BCUT2D eigenvalue weighted by Gasteiger charge is -2.32. The van der Waals surface area contributed by atoms with Gasteiger partial charge in [-0.25, -0.2) is 4.68 Å². The van der Waals surface area contributed by atoms with E-state index >= 15 is 0 Å². The fourth-order valence-corrected chi connectivity index (χ4v) is 3.32. The number of fused-ring (bicyclic) bond motifs is 1. The van der Waals surface area contributed by atoms with Crippen molar-refractivity contribution in [3.8, 4) is 11.4 Å². The average molecular weight is 352 g/mol. The maximum absolute atomic E-state index is 12.6. The molecule has 0 saturated heterocycles. The summed E-state index contributed by atoms with van der Waals surface area (Å²) < 4.78 is 3.77. The third-order valence-corrected chi connectivity index (χ3v) is 4.66. The fraction of sp³-hybridized carbons (Fsp3) is 0.412. The van der Waals surface area contributed by atoms with Gasteiger partial charge in [0.25, 0.3) is 0 Å². The fourth-order valence-electron chi connectivity index (χ4n) is 3.32. The van der Waals surface area contributed by atoms with Gasteiger partial charge in [0.05, 0.1) is 19.1 Å². The summed E-state index contributed by atoms with van der Waals surface area (Å²) in [5, 5.41) is 20.0. The van der Waals surface area contributed by atoms with Crippen LogP contribution in [0.4, 0.5) is 0 Å². The van der Waals surface area contributed by atoms with Crippen molar-refractivity contribution >= 4 is 5.91 Å². The van der Waals surface area contributed by atoms with Crippen LogP contribution in [0.15, 0.2) is 30.3 Å². The van der Waals surface area contributed by atoms with Crippen molar-refractivity contribution < 1.29 is 4.79 Å². The SMILES string of the molecule is Cc1nnnn1CCC(=O)N1Cc2nnc(-c3ccccc3)n2[C@@H](C)C1. The molecule has 0 saturated carbocycles. The Bertz CT molecular complexity index is 916. The molecule has 1 aliphatic heterocycles. The standard InChI is InChI=1S/C17H20N8O/c1-12-10-23(16(26)8-9-24-13(2)18-21-22-24)11-15-19-20-17(25(12)15)14-6-4-3-5-7-14/h3-7,12H,8-11H2,1-2H3/t12-/m0/s1. The van der Waals surface area contributed by atoms with E-state index in [0.717, 1.165) is 17.2 Å². The Balaban J connectivity index is 1.49. The van der Waals surface area contributed by atoms with Gasteiger partial charge in [0.15, 0.2) is 11.6 Å². The van der Waals surface area contributed by atoms with E-state index in [0.29, 0.717) is 31.9 Å². The van der Waals surface area contributed by atoms with E-state index in [1.807, 2.05) is 42.2 Å². The summed E-state index contributed by atoms with van der Waals surface area (Å²) in [6.07, 6.45) is 0.359. The second kappa shape index (κ2) is 6.66. The van der Waals surface area contributed by atoms with Gasteiger partial charge < -0.3 is 9.47 Å². The average Bonchev–Trinajstić information content (AvgIpc) is 3.26. The van der Waals surface area contributed by atoms with Crippen LogP contribution in [0, 0.1) is 6.92 Å². The molecule has 0 bridgehead atoms. The smallest absolute Gasteiger partial charge is 0.224 e. The summed E-state index contributed by atoms with van der Waals surface area (Å²) in [6.45, 7) is 5.49. The van der Waals surface area contributed by atoms with Crippen LogP contribution in [0.5, 0.6) is 0 Å². The van der Waals surface area contributed by atoms with Gasteiger partial charge in [-0.15, -0.1) is 15.3 Å². The third-order valence-electron chi connectivity index (χ3n) is 4.66. The van der Waals surface area contributed by atoms with E-state index in [1.54, 1.807) is 4.68 Å². The molecule has 0 aliphatic carbocycles. The molecule has 9 nitrogen and oxygen atoms in total. The van der Waals surface area contributed by atoms with Gasteiger partial charge in [-0.05, 0) is 24.3 Å². The Morgan fingerprint density at radius 3 is 2.73 bits per heavy atom. The van der Waals surface area contributed by atoms with E-state index in [1.165, 1.54) is 0 Å². The quantitative estimate of drug-likeness (QED) is 0.701. The molecule has 3 aromatic rings. The van der Waals surface area contributed by atoms with Crippen molar-refractivity contribution in [3.63, 3.8) is 0 Å². The van der Waals surface area contributed by atoms with Crippen LogP contribution in [0.3, 0.4) is 0 Å². The number of tetrazole rings is 1. The first kappa shape index (κ1) is 16.4. The highest BCUT2D eigenvalue weighted by Gasteiger charge is 2.29. The monoisotopic (exact) mass is 352 g/mol. The van der Waals surface area contributed by atoms with E-state index in [9.17, 15) is 4.79 Å². The van der Waals surface area contributed by atoms with E-state index < -0.39 is 0 Å². The number of benzene rings is 1. The second-order valence-corrected chi connectivity index (χ2v) is 6.50. The molecular formula is C17H20N8O. The van der Waals surface area contributed by atoms with E-state index in [-0.39, 0.29) is 11.9 Å². The number of amides is 1. The summed E-state index contributed by atoms with van der Waals surface area (Å²) in [4.78, 5) is 14.5. The predicted octanol–water partition coefficient (Wildman–Crippen LogP) is 1.23. The maximum atomic E-state index is 12.6. The third kappa shape index (κ3) is 2.96. The van der Waals surface area contributed by atoms with Crippen molar-refractivity contribution in [1.82, 2.24) is 39.9 Å². The predicted molar refractivity (Wildman–Crippen MR) is 92.8 cm³/mol. The Morgan fingerprint density at radius 1 is 1.19 bits per heavy atom. The Morgan fingerprint density at radius 2 is 2.00 bits per heavy atom. The number of carbonyl (C=O) groups is 1. The number of aryl methyl sites for hydroxylation is 2. The lowest BCUT2D eigenvalue weighted by molar-refractivity contribution is -0.133. The van der Waals surface area contributed by atoms with E-state index in [2.05, 4.69) is 37.2 Å². The van der Waals surface area contributed by atoms with Gasteiger partial charge in [-0.2, -0.15) is 0 Å². The molecule has 0 spiro atoms. The molecule has 0 N–H and O–H groups in total. The first-order chi connectivity index (χ1) is 12.6. The molecule has 0 unspecified atom stereocenters. The highest BCUT2D eigenvalue weighted by molar-refractivity contribution is 5.76. The zero-order valence-corrected chi connectivity index (χ0v) is 14.8. The molecule has 0 fully saturated rings. The molecule has 9 heteroatoms. The summed E-state index contributed by atoms with van der Waals surface area (Å²) in [5.41, 5.74) is 1.03. The Kier molecular flexibility index (Phi) is 4.19. The summed E-state index contributed by atoms with van der Waals surface area (Å²) >= 11 is 0. The summed E-state index contributed by atoms with van der Waals surface area (Å²) in [6, 6.07) is 10.1. The zero-order valence-electron chi connectivity index (χ0n) is 14.8.